The van der Waals surface area contributed by atoms with Gasteiger partial charge < -0.3 is 19.9 Å². The first-order valence-corrected chi connectivity index (χ1v) is 10.8. The van der Waals surface area contributed by atoms with Gasteiger partial charge in [0.05, 0.1) is 18.1 Å². The van der Waals surface area contributed by atoms with E-state index in [1.54, 1.807) is 54.6 Å². The molecule has 4 rings (SSSR count). The Labute approximate surface area is 197 Å². The van der Waals surface area contributed by atoms with E-state index < -0.39 is 11.9 Å². The van der Waals surface area contributed by atoms with Gasteiger partial charge in [0.2, 0.25) is 5.88 Å². The number of allylic oxidation sites excluding steroid dienone is 1. The molecule has 0 amide bonds. The zero-order chi connectivity index (χ0) is 24.2. The van der Waals surface area contributed by atoms with Crippen molar-refractivity contribution in [2.45, 2.75) is 19.8 Å². The van der Waals surface area contributed by atoms with Gasteiger partial charge >= 0.3 is 5.97 Å². The van der Waals surface area contributed by atoms with E-state index in [2.05, 4.69) is 19.9 Å². The van der Waals surface area contributed by atoms with Gasteiger partial charge in [-0.15, -0.1) is 0 Å². The van der Waals surface area contributed by atoms with Crippen molar-refractivity contribution in [3.8, 4) is 23.3 Å². The van der Waals surface area contributed by atoms with Crippen molar-refractivity contribution in [2.24, 2.45) is 11.7 Å². The van der Waals surface area contributed by atoms with Crippen molar-refractivity contribution in [3.63, 3.8) is 0 Å². The molecule has 0 bridgehead atoms. The van der Waals surface area contributed by atoms with Crippen LogP contribution in [0.25, 0.3) is 0 Å². The summed E-state index contributed by atoms with van der Waals surface area (Å²) in [5.41, 5.74) is 7.94. The summed E-state index contributed by atoms with van der Waals surface area (Å²) < 4.78 is 30.2. The number of halogens is 1. The van der Waals surface area contributed by atoms with E-state index in [4.69, 9.17) is 19.9 Å². The highest BCUT2D eigenvalue weighted by Crippen LogP contribution is 2.43. The van der Waals surface area contributed by atoms with E-state index in [1.165, 1.54) is 12.1 Å². The maximum absolute atomic E-state index is 13.4. The number of carbonyl (C=O) groups is 1. The molecule has 1 aliphatic heterocycles. The number of hydrogen-bond acceptors (Lipinski definition) is 6. The number of hydrogen-bond donors (Lipinski definition) is 1. The fraction of sp³-hybridized carbons (Fsp3) is 0.185. The predicted molar refractivity (Wildman–Crippen MR) is 124 cm³/mol. The maximum Gasteiger partial charge on any atom is 0.343 e. The summed E-state index contributed by atoms with van der Waals surface area (Å²) in [6.07, 6.45) is 0. The molecule has 0 saturated carbocycles. The lowest BCUT2D eigenvalue weighted by molar-refractivity contribution is 0.0734. The van der Waals surface area contributed by atoms with Crippen molar-refractivity contribution >= 4 is 5.97 Å². The molecule has 6 nitrogen and oxygen atoms in total. The van der Waals surface area contributed by atoms with E-state index in [0.29, 0.717) is 40.7 Å². The van der Waals surface area contributed by atoms with Crippen molar-refractivity contribution in [2.75, 3.05) is 6.61 Å². The first-order chi connectivity index (χ1) is 16.4. The molecule has 1 aliphatic rings. The molecule has 1 atom stereocenters. The van der Waals surface area contributed by atoms with Crippen LogP contribution in [-0.2, 0) is 0 Å². The number of benzene rings is 3. The first kappa shape index (κ1) is 22.9. The summed E-state index contributed by atoms with van der Waals surface area (Å²) >= 11 is 0. The molecule has 0 radical (unpaired) electrons. The summed E-state index contributed by atoms with van der Waals surface area (Å²) in [5, 5.41) is 9.63. The summed E-state index contributed by atoms with van der Waals surface area (Å²) in [4.78, 5) is 12.6. The van der Waals surface area contributed by atoms with Gasteiger partial charge in [-0.25, -0.2) is 9.18 Å². The summed E-state index contributed by atoms with van der Waals surface area (Å²) in [7, 11) is 0. The molecule has 1 heterocycles. The van der Waals surface area contributed by atoms with Crippen molar-refractivity contribution in [1.29, 1.82) is 5.26 Å². The number of nitrogens with two attached hydrogens (primary N) is 1. The van der Waals surface area contributed by atoms with E-state index in [1.807, 2.05) is 0 Å². The number of carbonyl (C=O) groups excluding carboxylic acids is 1. The molecule has 3 aromatic rings. The largest absolute Gasteiger partial charge is 0.493 e. The number of nitriles is 1. The van der Waals surface area contributed by atoms with Gasteiger partial charge in [0, 0.05) is 11.6 Å². The summed E-state index contributed by atoms with van der Waals surface area (Å²) in [6, 6.07) is 19.5. The second-order valence-electron chi connectivity index (χ2n) is 8.29. The third-order valence-corrected chi connectivity index (χ3v) is 5.28. The fourth-order valence-electron chi connectivity index (χ4n) is 3.61. The monoisotopic (exact) mass is 458 g/mol. The minimum Gasteiger partial charge on any atom is -0.493 e. The van der Waals surface area contributed by atoms with Crippen molar-refractivity contribution in [3.05, 3.63) is 101 Å². The number of esters is 1. The van der Waals surface area contributed by atoms with E-state index in [0.717, 1.165) is 0 Å². The average Bonchev–Trinajstić information content (AvgIpc) is 2.82. The summed E-state index contributed by atoms with van der Waals surface area (Å²) in [5.74, 6) is 0.183. The quantitative estimate of drug-likeness (QED) is 0.398. The Morgan fingerprint density at radius 2 is 1.76 bits per heavy atom. The topological polar surface area (TPSA) is 94.6 Å². The van der Waals surface area contributed by atoms with Crippen LogP contribution >= 0.6 is 0 Å². The molecule has 0 fully saturated rings. The average molecular weight is 458 g/mol. The number of nitrogens with zero attached hydrogens (tertiary/aromatic N) is 1. The minimum absolute atomic E-state index is 0.0511. The second kappa shape index (κ2) is 9.67. The van der Waals surface area contributed by atoms with E-state index in [-0.39, 0.29) is 23.0 Å². The lowest BCUT2D eigenvalue weighted by Gasteiger charge is -2.26. The van der Waals surface area contributed by atoms with Gasteiger partial charge in [-0.1, -0.05) is 32.0 Å². The zero-order valence-electron chi connectivity index (χ0n) is 18.7. The van der Waals surface area contributed by atoms with Crippen LogP contribution < -0.4 is 19.9 Å². The van der Waals surface area contributed by atoms with Crippen molar-refractivity contribution in [1.82, 2.24) is 0 Å². The highest BCUT2D eigenvalue weighted by atomic mass is 19.1. The Morgan fingerprint density at radius 3 is 2.41 bits per heavy atom. The Kier molecular flexibility index (Phi) is 6.51. The number of ether oxygens (including phenoxy) is 3. The molecule has 0 aromatic heterocycles. The minimum atomic E-state index is -0.539. The molecule has 3 aromatic carbocycles. The highest BCUT2D eigenvalue weighted by molar-refractivity contribution is 5.91. The normalized spacial score (nSPS) is 14.7. The van der Waals surface area contributed by atoms with Crippen LogP contribution in [0.2, 0.25) is 0 Å². The van der Waals surface area contributed by atoms with Crippen LogP contribution in [0.5, 0.6) is 17.2 Å². The molecule has 0 spiro atoms. The van der Waals surface area contributed by atoms with Gasteiger partial charge in [-0.3, -0.25) is 0 Å². The van der Waals surface area contributed by atoms with Crippen LogP contribution in [0.1, 0.15) is 41.3 Å². The standard InChI is InChI=1S/C27H23FN2O4/c1-16(2)15-32-20-9-5-18(6-10-20)27(31)33-21-11-12-22-24(13-21)34-26(30)23(14-29)25(22)17-3-7-19(28)8-4-17/h3-13,16,25H,15,30H2,1-2H3. The zero-order valence-corrected chi connectivity index (χ0v) is 18.7. The SMILES string of the molecule is CC(C)COc1ccc(C(=O)Oc2ccc3c(c2)OC(N)=C(C#N)C3c2ccc(F)cc2)cc1. The maximum atomic E-state index is 13.4. The van der Waals surface area contributed by atoms with Gasteiger partial charge in [-0.05, 0) is 53.9 Å². The Balaban J connectivity index is 1.56. The van der Waals surface area contributed by atoms with Crippen LogP contribution in [0.15, 0.2) is 78.2 Å². The van der Waals surface area contributed by atoms with E-state index in [9.17, 15) is 14.4 Å². The van der Waals surface area contributed by atoms with Gasteiger partial charge in [0.25, 0.3) is 0 Å². The Morgan fingerprint density at radius 1 is 1.09 bits per heavy atom. The number of fused-ring (bicyclic) bond motifs is 1. The van der Waals surface area contributed by atoms with Crippen molar-refractivity contribution < 1.29 is 23.4 Å². The third kappa shape index (κ3) is 4.86. The number of rotatable bonds is 6. The smallest absolute Gasteiger partial charge is 0.343 e. The summed E-state index contributed by atoms with van der Waals surface area (Å²) in [6.45, 7) is 4.70. The second-order valence-corrected chi connectivity index (χ2v) is 8.29. The van der Waals surface area contributed by atoms with Crippen LogP contribution in [-0.4, -0.2) is 12.6 Å². The van der Waals surface area contributed by atoms with E-state index >= 15 is 0 Å². The predicted octanol–water partition coefficient (Wildman–Crippen LogP) is 5.30. The molecule has 0 aliphatic carbocycles. The fourth-order valence-corrected chi connectivity index (χ4v) is 3.61. The lowest BCUT2D eigenvalue weighted by atomic mass is 9.83. The molecule has 0 saturated heterocycles. The molecule has 7 heteroatoms. The van der Waals surface area contributed by atoms with Gasteiger partial charge in [0.1, 0.15) is 34.7 Å². The van der Waals surface area contributed by atoms with Crippen LogP contribution in [0, 0.1) is 23.1 Å². The molecule has 34 heavy (non-hydrogen) atoms. The lowest BCUT2D eigenvalue weighted by Crippen LogP contribution is -2.21. The molecule has 1 unspecified atom stereocenters. The Bertz CT molecular complexity index is 1280. The highest BCUT2D eigenvalue weighted by Gasteiger charge is 2.31. The molecule has 172 valence electrons. The van der Waals surface area contributed by atoms with Crippen LogP contribution in [0.4, 0.5) is 4.39 Å². The molecular weight excluding hydrogens is 435 g/mol. The molecular formula is C27H23FN2O4. The molecule has 2 N–H and O–H groups in total. The van der Waals surface area contributed by atoms with Crippen LogP contribution in [0.3, 0.4) is 0 Å². The third-order valence-electron chi connectivity index (χ3n) is 5.28. The first-order valence-electron chi connectivity index (χ1n) is 10.8. The Hall–Kier alpha value is -4.31. The van der Waals surface area contributed by atoms with Gasteiger partial charge in [0.15, 0.2) is 0 Å². The van der Waals surface area contributed by atoms with Gasteiger partial charge in [-0.2, -0.15) is 5.26 Å².